The molecule has 6 heteroatoms. The molecule has 0 bridgehead atoms. The van der Waals surface area contributed by atoms with Crippen LogP contribution in [0.15, 0.2) is 22.7 Å². The van der Waals surface area contributed by atoms with Gasteiger partial charge in [-0.05, 0) is 31.0 Å². The highest BCUT2D eigenvalue weighted by Gasteiger charge is 2.16. The summed E-state index contributed by atoms with van der Waals surface area (Å²) in [6, 6.07) is 5.05. The van der Waals surface area contributed by atoms with Crippen molar-refractivity contribution in [3.05, 3.63) is 29.9 Å². The third-order valence-electron chi connectivity index (χ3n) is 3.77. The molecule has 3 rings (SSSR count). The monoisotopic (exact) mass is 291 g/mol. The van der Waals surface area contributed by atoms with Crippen LogP contribution in [-0.4, -0.2) is 23.3 Å². The van der Waals surface area contributed by atoms with E-state index >= 15 is 0 Å². The van der Waals surface area contributed by atoms with Gasteiger partial charge >= 0.3 is 0 Å². The largest absolute Gasteiger partial charge is 0.494 e. The van der Waals surface area contributed by atoms with Crippen LogP contribution in [0.2, 0.25) is 0 Å². The molecule has 1 saturated carbocycles. The minimum absolute atomic E-state index is 0.169. The Morgan fingerprint density at radius 1 is 1.38 bits per heavy atom. The molecule has 1 aromatic carbocycles. The first-order chi connectivity index (χ1) is 10.3. The van der Waals surface area contributed by atoms with Crippen LogP contribution in [0.3, 0.4) is 0 Å². The smallest absolute Gasteiger partial charge is 0.240 e. The zero-order valence-electron chi connectivity index (χ0n) is 11.9. The Bertz CT molecular complexity index is 609. The van der Waals surface area contributed by atoms with Crippen LogP contribution in [0, 0.1) is 5.82 Å². The van der Waals surface area contributed by atoms with E-state index < -0.39 is 5.82 Å². The Morgan fingerprint density at radius 2 is 2.19 bits per heavy atom. The van der Waals surface area contributed by atoms with E-state index in [-0.39, 0.29) is 5.75 Å². The number of hydrogen-bond acceptors (Lipinski definition) is 5. The molecule has 1 heterocycles. The van der Waals surface area contributed by atoms with Crippen LogP contribution in [0.4, 0.5) is 4.39 Å². The molecule has 21 heavy (non-hydrogen) atoms. The molecule has 1 aliphatic rings. The molecule has 0 radical (unpaired) electrons. The molecule has 0 aliphatic heterocycles. The molecule has 1 aromatic heterocycles. The summed E-state index contributed by atoms with van der Waals surface area (Å²) >= 11 is 0. The van der Waals surface area contributed by atoms with Gasteiger partial charge in [0.1, 0.15) is 0 Å². The molecule has 0 unspecified atom stereocenters. The van der Waals surface area contributed by atoms with E-state index in [1.807, 2.05) is 0 Å². The van der Waals surface area contributed by atoms with E-state index in [1.54, 1.807) is 12.1 Å². The van der Waals surface area contributed by atoms with Crippen molar-refractivity contribution in [1.82, 2.24) is 15.5 Å². The second kappa shape index (κ2) is 6.22. The van der Waals surface area contributed by atoms with Gasteiger partial charge in [0.2, 0.25) is 11.7 Å². The van der Waals surface area contributed by atoms with E-state index in [0.717, 1.165) is 0 Å². The topological polar surface area (TPSA) is 60.2 Å². The van der Waals surface area contributed by atoms with Gasteiger partial charge in [-0.1, -0.05) is 18.0 Å². The first-order valence-corrected chi connectivity index (χ1v) is 7.16. The normalized spacial score (nSPS) is 15.5. The second-order valence-electron chi connectivity index (χ2n) is 5.22. The second-order valence-corrected chi connectivity index (χ2v) is 5.22. The van der Waals surface area contributed by atoms with Gasteiger partial charge in [0, 0.05) is 11.6 Å². The predicted octanol–water partition coefficient (Wildman–Crippen LogP) is 2.92. The highest BCUT2D eigenvalue weighted by molar-refractivity contribution is 5.57. The van der Waals surface area contributed by atoms with Gasteiger partial charge in [-0.25, -0.2) is 4.39 Å². The number of nitrogens with zero attached hydrogens (tertiary/aromatic N) is 2. The van der Waals surface area contributed by atoms with Crippen LogP contribution < -0.4 is 10.1 Å². The van der Waals surface area contributed by atoms with Gasteiger partial charge in [-0.3, -0.25) is 0 Å². The third-order valence-corrected chi connectivity index (χ3v) is 3.77. The summed E-state index contributed by atoms with van der Waals surface area (Å²) in [5, 5.41) is 7.35. The zero-order chi connectivity index (χ0) is 14.7. The van der Waals surface area contributed by atoms with Gasteiger partial charge in [0.15, 0.2) is 11.6 Å². The summed E-state index contributed by atoms with van der Waals surface area (Å²) in [6.07, 6.45) is 4.97. The summed E-state index contributed by atoms with van der Waals surface area (Å²) in [6.45, 7) is 0.565. The fraction of sp³-hybridized carbons (Fsp3) is 0.467. The minimum Gasteiger partial charge on any atom is -0.494 e. The number of benzene rings is 1. The maximum absolute atomic E-state index is 13.4. The van der Waals surface area contributed by atoms with Crippen molar-refractivity contribution in [2.75, 3.05) is 7.11 Å². The fourth-order valence-electron chi connectivity index (χ4n) is 2.60. The lowest BCUT2D eigenvalue weighted by Gasteiger charge is -2.08. The maximum Gasteiger partial charge on any atom is 0.240 e. The van der Waals surface area contributed by atoms with E-state index in [4.69, 9.17) is 9.26 Å². The number of rotatable bonds is 5. The third kappa shape index (κ3) is 3.21. The first-order valence-electron chi connectivity index (χ1n) is 7.16. The zero-order valence-corrected chi connectivity index (χ0v) is 11.9. The van der Waals surface area contributed by atoms with Crippen molar-refractivity contribution in [2.24, 2.45) is 0 Å². The molecule has 1 fully saturated rings. The molecule has 1 N–H and O–H groups in total. The Labute approximate surface area is 122 Å². The van der Waals surface area contributed by atoms with Crippen LogP contribution in [0.1, 0.15) is 31.6 Å². The Hall–Kier alpha value is -1.95. The van der Waals surface area contributed by atoms with Crippen molar-refractivity contribution < 1.29 is 13.7 Å². The van der Waals surface area contributed by atoms with Gasteiger partial charge in [-0.15, -0.1) is 0 Å². The standard InChI is InChI=1S/C15H18FN3O2/c1-20-13-8-10(6-7-12(13)16)15-18-14(21-19-15)9-17-11-4-2-3-5-11/h6-8,11,17H,2-5,9H2,1H3. The Kier molecular flexibility index (Phi) is 4.15. The van der Waals surface area contributed by atoms with Gasteiger partial charge in [-0.2, -0.15) is 4.98 Å². The number of ether oxygens (including phenoxy) is 1. The lowest BCUT2D eigenvalue weighted by molar-refractivity contribution is 0.357. The van der Waals surface area contributed by atoms with E-state index in [2.05, 4.69) is 15.5 Å². The van der Waals surface area contributed by atoms with Crippen LogP contribution in [0.5, 0.6) is 5.75 Å². The molecule has 0 spiro atoms. The summed E-state index contributed by atoms with van der Waals surface area (Å²) in [7, 11) is 1.43. The number of methoxy groups -OCH3 is 1. The van der Waals surface area contributed by atoms with Crippen molar-refractivity contribution in [3.63, 3.8) is 0 Å². The van der Waals surface area contributed by atoms with Crippen molar-refractivity contribution in [3.8, 4) is 17.1 Å². The quantitative estimate of drug-likeness (QED) is 0.917. The number of halogens is 1. The Morgan fingerprint density at radius 3 is 2.95 bits per heavy atom. The minimum atomic E-state index is -0.409. The molecular formula is C15H18FN3O2. The van der Waals surface area contributed by atoms with Gasteiger partial charge < -0.3 is 14.6 Å². The average Bonchev–Trinajstić information content (AvgIpc) is 3.17. The van der Waals surface area contributed by atoms with Crippen LogP contribution in [-0.2, 0) is 6.54 Å². The summed E-state index contributed by atoms with van der Waals surface area (Å²) in [5.41, 5.74) is 0.670. The average molecular weight is 291 g/mol. The van der Waals surface area contributed by atoms with Crippen LogP contribution in [0.25, 0.3) is 11.4 Å². The van der Waals surface area contributed by atoms with Crippen LogP contribution >= 0.6 is 0 Å². The van der Waals surface area contributed by atoms with Gasteiger partial charge in [0.25, 0.3) is 0 Å². The summed E-state index contributed by atoms with van der Waals surface area (Å²) in [5.74, 6) is 0.743. The molecule has 0 amide bonds. The summed E-state index contributed by atoms with van der Waals surface area (Å²) < 4.78 is 23.6. The maximum atomic E-state index is 13.4. The fourth-order valence-corrected chi connectivity index (χ4v) is 2.60. The van der Waals surface area contributed by atoms with Crippen molar-refractivity contribution in [2.45, 2.75) is 38.3 Å². The number of nitrogens with one attached hydrogen (secondary N) is 1. The van der Waals surface area contributed by atoms with Gasteiger partial charge in [0.05, 0.1) is 13.7 Å². The molecule has 1 aliphatic carbocycles. The lowest BCUT2D eigenvalue weighted by atomic mass is 10.2. The van der Waals surface area contributed by atoms with E-state index in [1.165, 1.54) is 38.9 Å². The molecule has 0 atom stereocenters. The molecular weight excluding hydrogens is 273 g/mol. The summed E-state index contributed by atoms with van der Waals surface area (Å²) in [4.78, 5) is 4.33. The van der Waals surface area contributed by atoms with Crippen molar-refractivity contribution in [1.29, 1.82) is 0 Å². The molecule has 0 saturated heterocycles. The van der Waals surface area contributed by atoms with E-state index in [0.29, 0.717) is 29.9 Å². The molecule has 2 aromatic rings. The highest BCUT2D eigenvalue weighted by atomic mass is 19.1. The molecule has 112 valence electrons. The van der Waals surface area contributed by atoms with Crippen molar-refractivity contribution >= 4 is 0 Å². The SMILES string of the molecule is COc1cc(-c2noc(CNC3CCCC3)n2)ccc1F. The first kappa shape index (κ1) is 14.0. The lowest BCUT2D eigenvalue weighted by Crippen LogP contribution is -2.25. The number of aromatic nitrogens is 2. The molecule has 5 nitrogen and oxygen atoms in total. The van der Waals surface area contributed by atoms with E-state index in [9.17, 15) is 4.39 Å². The highest BCUT2D eigenvalue weighted by Crippen LogP contribution is 2.24. The predicted molar refractivity (Wildman–Crippen MR) is 75.3 cm³/mol. The number of hydrogen-bond donors (Lipinski definition) is 1. The Balaban J connectivity index is 1.69.